The van der Waals surface area contributed by atoms with E-state index in [0.29, 0.717) is 18.1 Å². The third-order valence-electron chi connectivity index (χ3n) is 6.07. The number of imidazole rings is 1. The van der Waals surface area contributed by atoms with Gasteiger partial charge in [-0.2, -0.15) is 5.26 Å². The number of hydrogen-bond acceptors (Lipinski definition) is 6. The summed E-state index contributed by atoms with van der Waals surface area (Å²) in [5, 5.41) is 9.24. The van der Waals surface area contributed by atoms with Gasteiger partial charge in [-0.25, -0.2) is 19.9 Å². The van der Waals surface area contributed by atoms with Gasteiger partial charge in [0.05, 0.1) is 29.4 Å². The maximum atomic E-state index is 9.24. The Balaban J connectivity index is 1.73. The van der Waals surface area contributed by atoms with Crippen LogP contribution in [0.15, 0.2) is 90.3 Å². The van der Waals surface area contributed by atoms with Crippen molar-refractivity contribution in [2.24, 2.45) is 12.0 Å². The van der Waals surface area contributed by atoms with Crippen molar-refractivity contribution in [3.05, 3.63) is 108 Å². The second kappa shape index (κ2) is 9.80. The predicted octanol–water partition coefficient (Wildman–Crippen LogP) is 5.87. The van der Waals surface area contributed by atoms with Crippen molar-refractivity contribution in [2.45, 2.75) is 13.8 Å². The van der Waals surface area contributed by atoms with Gasteiger partial charge in [0.2, 0.25) is 0 Å². The molecule has 0 saturated heterocycles. The van der Waals surface area contributed by atoms with Crippen LogP contribution in [0.3, 0.4) is 0 Å². The number of aliphatic imine (C=N–C) groups is 1. The fraction of sp³-hybridized carbons (Fsp3) is 0.138. The fourth-order valence-electron chi connectivity index (χ4n) is 4.26. The van der Waals surface area contributed by atoms with Crippen LogP contribution in [0.25, 0.3) is 11.0 Å². The highest BCUT2D eigenvalue weighted by molar-refractivity contribution is 6.14. The van der Waals surface area contributed by atoms with Gasteiger partial charge in [0.15, 0.2) is 5.82 Å². The Kier molecular flexibility index (Phi) is 6.25. The first kappa shape index (κ1) is 22.9. The number of pyridine rings is 2. The summed E-state index contributed by atoms with van der Waals surface area (Å²) in [5.74, 6) is 1.28. The summed E-state index contributed by atoms with van der Waals surface area (Å²) in [4.78, 5) is 21.1. The molecule has 176 valence electrons. The summed E-state index contributed by atoms with van der Waals surface area (Å²) in [6, 6.07) is 26.1. The standard InChI is InChI=1S/C29H25N7/c1-4-36(25-18-31-23(17-30)15-20(25)2)26-16-24-28(32-19-35(24)3)29(33-26)34-27(21-11-7-5-8-12-21)22-13-9-6-10-14-22/h5-16,18-19H,4H2,1-3H3. The zero-order valence-electron chi connectivity index (χ0n) is 20.4. The van der Waals surface area contributed by atoms with Crippen LogP contribution in [0.1, 0.15) is 29.3 Å². The van der Waals surface area contributed by atoms with E-state index in [1.165, 1.54) is 0 Å². The zero-order chi connectivity index (χ0) is 25.1. The molecule has 0 saturated carbocycles. The lowest BCUT2D eigenvalue weighted by Crippen LogP contribution is -2.19. The van der Waals surface area contributed by atoms with Gasteiger partial charge < -0.3 is 9.47 Å². The molecule has 5 rings (SSSR count). The van der Waals surface area contributed by atoms with Gasteiger partial charge in [0, 0.05) is 30.8 Å². The molecule has 0 spiro atoms. The summed E-state index contributed by atoms with van der Waals surface area (Å²) in [7, 11) is 1.96. The molecule has 3 heterocycles. The second-order valence-corrected chi connectivity index (χ2v) is 8.43. The van der Waals surface area contributed by atoms with E-state index in [1.807, 2.05) is 61.0 Å². The molecule has 7 nitrogen and oxygen atoms in total. The van der Waals surface area contributed by atoms with E-state index < -0.39 is 0 Å². The Bertz CT molecular complexity index is 1550. The molecular formula is C29H25N7. The van der Waals surface area contributed by atoms with Crippen molar-refractivity contribution in [1.29, 1.82) is 5.26 Å². The van der Waals surface area contributed by atoms with Crippen LogP contribution in [-0.4, -0.2) is 31.8 Å². The summed E-state index contributed by atoms with van der Waals surface area (Å²) in [6.07, 6.45) is 3.51. The molecule has 0 unspecified atom stereocenters. The first-order valence-corrected chi connectivity index (χ1v) is 11.7. The van der Waals surface area contributed by atoms with Gasteiger partial charge in [-0.05, 0) is 25.5 Å². The normalized spacial score (nSPS) is 10.7. The van der Waals surface area contributed by atoms with Crippen molar-refractivity contribution in [1.82, 2.24) is 19.5 Å². The lowest BCUT2D eigenvalue weighted by molar-refractivity contribution is 0.942. The minimum absolute atomic E-state index is 0.392. The van der Waals surface area contributed by atoms with Gasteiger partial charge in [0.25, 0.3) is 0 Å². The third kappa shape index (κ3) is 4.32. The average molecular weight is 472 g/mol. The van der Waals surface area contributed by atoms with Crippen molar-refractivity contribution in [3.8, 4) is 6.07 Å². The Morgan fingerprint density at radius 3 is 2.25 bits per heavy atom. The Morgan fingerprint density at radius 2 is 1.67 bits per heavy atom. The number of hydrogen-bond donors (Lipinski definition) is 0. The molecule has 0 aliphatic rings. The largest absolute Gasteiger partial charge is 0.334 e. The fourth-order valence-corrected chi connectivity index (χ4v) is 4.26. The molecule has 0 amide bonds. The van der Waals surface area contributed by atoms with E-state index in [0.717, 1.165) is 44.9 Å². The third-order valence-corrected chi connectivity index (χ3v) is 6.07. The van der Waals surface area contributed by atoms with Gasteiger partial charge in [-0.15, -0.1) is 0 Å². The van der Waals surface area contributed by atoms with Crippen molar-refractivity contribution in [2.75, 3.05) is 11.4 Å². The second-order valence-electron chi connectivity index (χ2n) is 8.43. The van der Waals surface area contributed by atoms with Gasteiger partial charge in [-0.3, -0.25) is 0 Å². The molecule has 0 aliphatic heterocycles. The van der Waals surface area contributed by atoms with Crippen LogP contribution in [0.5, 0.6) is 0 Å². The van der Waals surface area contributed by atoms with Crippen LogP contribution in [0, 0.1) is 18.3 Å². The van der Waals surface area contributed by atoms with Crippen LogP contribution in [0.4, 0.5) is 17.3 Å². The molecule has 3 aromatic heterocycles. The van der Waals surface area contributed by atoms with E-state index in [2.05, 4.69) is 52.1 Å². The Hall–Kier alpha value is -4.83. The molecule has 0 atom stereocenters. The van der Waals surface area contributed by atoms with Crippen LogP contribution in [0.2, 0.25) is 0 Å². The minimum Gasteiger partial charge on any atom is -0.334 e. The van der Waals surface area contributed by atoms with Gasteiger partial charge in [0.1, 0.15) is 23.1 Å². The topological polar surface area (TPSA) is 83.0 Å². The van der Waals surface area contributed by atoms with E-state index in [-0.39, 0.29) is 0 Å². The number of nitrogens with zero attached hydrogens (tertiary/aromatic N) is 7. The van der Waals surface area contributed by atoms with Crippen LogP contribution < -0.4 is 4.90 Å². The van der Waals surface area contributed by atoms with Crippen LogP contribution in [-0.2, 0) is 7.05 Å². The van der Waals surface area contributed by atoms with E-state index in [9.17, 15) is 5.26 Å². The lowest BCUT2D eigenvalue weighted by Gasteiger charge is -2.24. The summed E-state index contributed by atoms with van der Waals surface area (Å²) >= 11 is 0. The van der Waals surface area contributed by atoms with Crippen molar-refractivity contribution >= 4 is 34.1 Å². The minimum atomic E-state index is 0.392. The lowest BCUT2D eigenvalue weighted by atomic mass is 10.0. The number of rotatable bonds is 6. The highest BCUT2D eigenvalue weighted by Crippen LogP contribution is 2.33. The summed E-state index contributed by atoms with van der Waals surface area (Å²) in [6.45, 7) is 4.71. The SMILES string of the molecule is CCN(c1cc2c(ncn2C)c(N=C(c2ccccc2)c2ccccc2)n1)c1cnc(C#N)cc1C. The number of aryl methyl sites for hydroxylation is 2. The molecule has 0 aliphatic carbocycles. The quantitative estimate of drug-likeness (QED) is 0.289. The van der Waals surface area contributed by atoms with E-state index in [4.69, 9.17) is 9.98 Å². The molecule has 0 bridgehead atoms. The average Bonchev–Trinajstić information content (AvgIpc) is 3.30. The molecule has 0 radical (unpaired) electrons. The molecular weight excluding hydrogens is 446 g/mol. The molecule has 2 aromatic carbocycles. The van der Waals surface area contributed by atoms with Crippen LogP contribution >= 0.6 is 0 Å². The molecule has 36 heavy (non-hydrogen) atoms. The first-order valence-electron chi connectivity index (χ1n) is 11.7. The number of anilines is 2. The Morgan fingerprint density at radius 1 is 1.00 bits per heavy atom. The maximum absolute atomic E-state index is 9.24. The highest BCUT2D eigenvalue weighted by atomic mass is 15.2. The maximum Gasteiger partial charge on any atom is 0.183 e. The number of benzene rings is 2. The molecule has 0 fully saturated rings. The molecule has 0 N–H and O–H groups in total. The van der Waals surface area contributed by atoms with Gasteiger partial charge in [-0.1, -0.05) is 60.7 Å². The molecule has 7 heteroatoms. The summed E-state index contributed by atoms with van der Waals surface area (Å²) < 4.78 is 1.97. The van der Waals surface area contributed by atoms with Crippen molar-refractivity contribution < 1.29 is 0 Å². The number of aromatic nitrogens is 4. The summed E-state index contributed by atoms with van der Waals surface area (Å²) in [5.41, 5.74) is 6.73. The number of fused-ring (bicyclic) bond motifs is 1. The highest BCUT2D eigenvalue weighted by Gasteiger charge is 2.18. The van der Waals surface area contributed by atoms with E-state index >= 15 is 0 Å². The zero-order valence-corrected chi connectivity index (χ0v) is 20.4. The monoisotopic (exact) mass is 471 g/mol. The Labute approximate surface area is 210 Å². The smallest absolute Gasteiger partial charge is 0.183 e. The first-order chi connectivity index (χ1) is 17.6. The van der Waals surface area contributed by atoms with Gasteiger partial charge >= 0.3 is 0 Å². The molecule has 5 aromatic rings. The van der Waals surface area contributed by atoms with E-state index in [1.54, 1.807) is 18.6 Å². The predicted molar refractivity (Wildman–Crippen MR) is 143 cm³/mol. The van der Waals surface area contributed by atoms with Crippen molar-refractivity contribution in [3.63, 3.8) is 0 Å². The number of nitriles is 1.